The maximum Gasteiger partial charge on any atom is 0.260 e. The molecule has 11 heteroatoms. The van der Waals surface area contributed by atoms with Gasteiger partial charge in [0.15, 0.2) is 5.82 Å². The van der Waals surface area contributed by atoms with E-state index in [4.69, 9.17) is 4.74 Å². The number of aromatic nitrogens is 4. The molecule has 2 unspecified atom stereocenters. The molecule has 2 heterocycles. The Morgan fingerprint density at radius 2 is 2.03 bits per heavy atom. The van der Waals surface area contributed by atoms with Crippen LogP contribution < -0.4 is 10.1 Å². The number of hydrogen-bond acceptors (Lipinski definition) is 7. The second-order valence-corrected chi connectivity index (χ2v) is 11.8. The van der Waals surface area contributed by atoms with Crippen molar-refractivity contribution >= 4 is 21.7 Å². The molecule has 0 saturated heterocycles. The molecule has 36 heavy (non-hydrogen) atoms. The highest BCUT2D eigenvalue weighted by atomic mass is 32.2. The number of carbonyl (C=O) groups excluding carboxylic acids is 1. The average molecular weight is 513 g/mol. The molecule has 4 rings (SSSR count). The Hall–Kier alpha value is -3.31. The molecular formula is C25H32N6O4S. The second kappa shape index (κ2) is 9.98. The van der Waals surface area contributed by atoms with Crippen LogP contribution in [0.3, 0.4) is 0 Å². The zero-order valence-corrected chi connectivity index (χ0v) is 22.2. The molecule has 1 fully saturated rings. The van der Waals surface area contributed by atoms with Crippen molar-refractivity contribution in [1.82, 2.24) is 24.1 Å². The monoisotopic (exact) mass is 512 g/mol. The summed E-state index contributed by atoms with van der Waals surface area (Å²) in [6.45, 7) is 6.01. The van der Waals surface area contributed by atoms with Crippen molar-refractivity contribution < 1.29 is 17.9 Å². The molecule has 0 radical (unpaired) electrons. The highest BCUT2D eigenvalue weighted by molar-refractivity contribution is 7.89. The molecule has 1 saturated carbocycles. The van der Waals surface area contributed by atoms with Gasteiger partial charge in [-0.1, -0.05) is 6.07 Å². The van der Waals surface area contributed by atoms with E-state index in [1.165, 1.54) is 11.4 Å². The van der Waals surface area contributed by atoms with Gasteiger partial charge in [0.05, 0.1) is 18.4 Å². The summed E-state index contributed by atoms with van der Waals surface area (Å²) in [6.07, 6.45) is 2.42. The summed E-state index contributed by atoms with van der Waals surface area (Å²) in [5, 5.41) is 11.0. The van der Waals surface area contributed by atoms with Gasteiger partial charge in [0.1, 0.15) is 23.6 Å². The SMILES string of the molecule is COc1cc(C)c(C2CC2CS(=O)(=O)N(C)C)cc1C(=O)Nc1cccc(-c2nncn2C(C)C)n1. The molecule has 1 aliphatic rings. The van der Waals surface area contributed by atoms with Gasteiger partial charge in [-0.15, -0.1) is 10.2 Å². The van der Waals surface area contributed by atoms with Crippen LogP contribution in [0, 0.1) is 12.8 Å². The Kier molecular flexibility index (Phi) is 7.14. The van der Waals surface area contributed by atoms with Crippen LogP contribution in [0.4, 0.5) is 5.82 Å². The number of aryl methyl sites for hydroxylation is 1. The number of pyridine rings is 1. The van der Waals surface area contributed by atoms with Crippen molar-refractivity contribution in [3.63, 3.8) is 0 Å². The summed E-state index contributed by atoms with van der Waals surface area (Å²) >= 11 is 0. The summed E-state index contributed by atoms with van der Waals surface area (Å²) in [4.78, 5) is 17.9. The minimum atomic E-state index is -3.29. The Balaban J connectivity index is 1.58. The molecule has 1 aromatic carbocycles. The number of anilines is 1. The van der Waals surface area contributed by atoms with Crippen LogP contribution in [0.25, 0.3) is 11.5 Å². The molecule has 1 N–H and O–H groups in total. The lowest BCUT2D eigenvalue weighted by atomic mass is 9.98. The zero-order chi connectivity index (χ0) is 26.2. The van der Waals surface area contributed by atoms with E-state index in [0.29, 0.717) is 28.6 Å². The van der Waals surface area contributed by atoms with E-state index in [2.05, 4.69) is 20.5 Å². The Morgan fingerprint density at radius 1 is 1.28 bits per heavy atom. The third kappa shape index (κ3) is 5.26. The van der Waals surface area contributed by atoms with E-state index in [9.17, 15) is 13.2 Å². The summed E-state index contributed by atoms with van der Waals surface area (Å²) in [5.41, 5.74) is 2.90. The Bertz CT molecular complexity index is 1380. The first-order valence-electron chi connectivity index (χ1n) is 11.8. The number of methoxy groups -OCH3 is 1. The van der Waals surface area contributed by atoms with E-state index < -0.39 is 10.0 Å². The largest absolute Gasteiger partial charge is 0.496 e. The van der Waals surface area contributed by atoms with Gasteiger partial charge in [0.25, 0.3) is 5.91 Å². The number of nitrogens with zero attached hydrogens (tertiary/aromatic N) is 5. The highest BCUT2D eigenvalue weighted by Crippen LogP contribution is 2.50. The fourth-order valence-corrected chi connectivity index (χ4v) is 5.50. The number of amides is 1. The molecule has 2 aromatic heterocycles. The van der Waals surface area contributed by atoms with Gasteiger partial charge in [-0.05, 0) is 74.4 Å². The lowest BCUT2D eigenvalue weighted by molar-refractivity contribution is 0.102. The number of rotatable bonds is 9. The first kappa shape index (κ1) is 25.8. The number of nitrogens with one attached hydrogen (secondary N) is 1. The Morgan fingerprint density at radius 3 is 2.69 bits per heavy atom. The molecule has 192 valence electrons. The molecule has 0 bridgehead atoms. The number of benzene rings is 1. The van der Waals surface area contributed by atoms with Crippen molar-refractivity contribution in [2.45, 2.75) is 39.2 Å². The third-order valence-corrected chi connectivity index (χ3v) is 8.45. The molecule has 1 amide bonds. The number of hydrogen-bond donors (Lipinski definition) is 1. The Labute approximate surface area is 211 Å². The van der Waals surface area contributed by atoms with Crippen molar-refractivity contribution in [2.75, 3.05) is 32.3 Å². The minimum Gasteiger partial charge on any atom is -0.496 e. The van der Waals surface area contributed by atoms with Gasteiger partial charge in [-0.3, -0.25) is 4.79 Å². The van der Waals surface area contributed by atoms with Crippen LogP contribution in [-0.2, 0) is 10.0 Å². The zero-order valence-electron chi connectivity index (χ0n) is 21.4. The van der Waals surface area contributed by atoms with E-state index in [1.54, 1.807) is 32.6 Å². The van der Waals surface area contributed by atoms with E-state index >= 15 is 0 Å². The minimum absolute atomic E-state index is 0.0251. The van der Waals surface area contributed by atoms with Crippen LogP contribution in [0.15, 0.2) is 36.7 Å². The molecule has 0 spiro atoms. The van der Waals surface area contributed by atoms with E-state index in [1.807, 2.05) is 43.5 Å². The maximum absolute atomic E-state index is 13.3. The van der Waals surface area contributed by atoms with Crippen LogP contribution in [-0.4, -0.2) is 65.3 Å². The fourth-order valence-electron chi connectivity index (χ4n) is 4.29. The van der Waals surface area contributed by atoms with Gasteiger partial charge in [-0.25, -0.2) is 17.7 Å². The van der Waals surface area contributed by atoms with Gasteiger partial charge in [0.2, 0.25) is 10.0 Å². The third-order valence-electron chi connectivity index (χ3n) is 6.49. The first-order chi connectivity index (χ1) is 17.0. The summed E-state index contributed by atoms with van der Waals surface area (Å²) < 4.78 is 33.3. The lowest BCUT2D eigenvalue weighted by Gasteiger charge is -2.15. The van der Waals surface area contributed by atoms with Crippen molar-refractivity contribution in [1.29, 1.82) is 0 Å². The fraction of sp³-hybridized carbons (Fsp3) is 0.440. The summed E-state index contributed by atoms with van der Waals surface area (Å²) in [7, 11) is 1.32. The number of sulfonamides is 1. The highest BCUT2D eigenvalue weighted by Gasteiger charge is 2.43. The smallest absolute Gasteiger partial charge is 0.260 e. The standard InChI is InChI=1S/C25H32N6O4S/c1-15(2)31-14-26-29-24(31)21-8-7-9-23(27-21)28-25(32)20-12-18(16(3)10-22(20)35-6)19-11-17(19)13-36(33,34)30(4)5/h7-10,12,14-15,17,19H,11,13H2,1-6H3,(H,27,28,32). The average Bonchev–Trinajstić information content (AvgIpc) is 3.37. The van der Waals surface area contributed by atoms with Gasteiger partial charge >= 0.3 is 0 Å². The molecule has 1 aliphatic carbocycles. The van der Waals surface area contributed by atoms with Gasteiger partial charge < -0.3 is 14.6 Å². The van der Waals surface area contributed by atoms with Crippen LogP contribution in [0.2, 0.25) is 0 Å². The molecule has 2 atom stereocenters. The maximum atomic E-state index is 13.3. The van der Waals surface area contributed by atoms with E-state index in [-0.39, 0.29) is 29.5 Å². The molecule has 0 aliphatic heterocycles. The summed E-state index contributed by atoms with van der Waals surface area (Å²) in [6, 6.07) is 9.13. The predicted octanol–water partition coefficient (Wildman–Crippen LogP) is 3.49. The van der Waals surface area contributed by atoms with E-state index in [0.717, 1.165) is 17.5 Å². The van der Waals surface area contributed by atoms with Gasteiger partial charge in [0, 0.05) is 20.1 Å². The quantitative estimate of drug-likeness (QED) is 0.466. The predicted molar refractivity (Wildman–Crippen MR) is 138 cm³/mol. The lowest BCUT2D eigenvalue weighted by Crippen LogP contribution is -2.26. The van der Waals surface area contributed by atoms with Crippen molar-refractivity contribution in [3.05, 3.63) is 53.3 Å². The van der Waals surface area contributed by atoms with Crippen LogP contribution >= 0.6 is 0 Å². The van der Waals surface area contributed by atoms with Crippen molar-refractivity contribution in [2.24, 2.45) is 5.92 Å². The topological polar surface area (TPSA) is 119 Å². The van der Waals surface area contributed by atoms with Crippen LogP contribution in [0.1, 0.15) is 53.7 Å². The van der Waals surface area contributed by atoms with Crippen LogP contribution in [0.5, 0.6) is 5.75 Å². The number of ether oxygens (including phenoxy) is 1. The van der Waals surface area contributed by atoms with Crippen molar-refractivity contribution in [3.8, 4) is 17.3 Å². The van der Waals surface area contributed by atoms with Gasteiger partial charge in [-0.2, -0.15) is 0 Å². The second-order valence-electron chi connectivity index (χ2n) is 9.59. The molecule has 10 nitrogen and oxygen atoms in total. The number of carbonyl (C=O) groups is 1. The first-order valence-corrected chi connectivity index (χ1v) is 13.4. The summed E-state index contributed by atoms with van der Waals surface area (Å²) in [5.74, 6) is 1.28. The molecule has 3 aromatic rings. The normalized spacial score (nSPS) is 17.4. The molecular weight excluding hydrogens is 480 g/mol.